The fourth-order valence-electron chi connectivity index (χ4n) is 0.830. The Bertz CT molecular complexity index is 184. The van der Waals surface area contributed by atoms with Gasteiger partial charge in [0.05, 0.1) is 5.69 Å². The molecule has 0 aliphatic rings. The van der Waals surface area contributed by atoms with E-state index in [0.717, 1.165) is 12.1 Å². The summed E-state index contributed by atoms with van der Waals surface area (Å²) in [6.45, 7) is 6.64. The van der Waals surface area contributed by atoms with Gasteiger partial charge in [-0.3, -0.25) is 0 Å². The van der Waals surface area contributed by atoms with Crippen molar-refractivity contribution in [3.8, 4) is 0 Å². The molecule has 0 unspecified atom stereocenters. The molecule has 0 N–H and O–H groups in total. The lowest BCUT2D eigenvalue weighted by molar-refractivity contribution is 0.407. The summed E-state index contributed by atoms with van der Waals surface area (Å²) in [6, 6.07) is 0. The van der Waals surface area contributed by atoms with Gasteiger partial charge in [0, 0.05) is 5.38 Å². The Labute approximate surface area is 66.1 Å². The first-order chi connectivity index (χ1) is 4.58. The van der Waals surface area contributed by atoms with Crippen LogP contribution < -0.4 is 0 Å². The van der Waals surface area contributed by atoms with Gasteiger partial charge >= 0.3 is 0 Å². The minimum absolute atomic E-state index is 0.349. The smallest absolute Gasteiger partial charge is 0.152 e. The van der Waals surface area contributed by atoms with Crippen molar-refractivity contribution in [3.63, 3.8) is 0 Å². The predicted molar refractivity (Wildman–Crippen MR) is 44.1 cm³/mol. The monoisotopic (exact) mass is 154 g/mol. The van der Waals surface area contributed by atoms with Gasteiger partial charge in [0.15, 0.2) is 5.51 Å². The summed E-state index contributed by atoms with van der Waals surface area (Å²) < 4.78 is 0. The molecule has 0 aliphatic carbocycles. The first-order valence-electron chi connectivity index (χ1n) is 3.38. The van der Waals surface area contributed by atoms with Crippen molar-refractivity contribution in [3.05, 3.63) is 16.6 Å². The molecule has 1 heterocycles. The lowest BCUT2D eigenvalue weighted by Crippen LogP contribution is -2.08. The van der Waals surface area contributed by atoms with Gasteiger partial charge in [-0.15, -0.1) is 11.3 Å². The Morgan fingerprint density at radius 1 is 1.60 bits per heavy atom. The van der Waals surface area contributed by atoms with Crippen molar-refractivity contribution in [2.75, 3.05) is 0 Å². The second-order valence-electron chi connectivity index (χ2n) is 3.67. The summed E-state index contributed by atoms with van der Waals surface area (Å²) in [5.41, 5.74) is 4.36. The van der Waals surface area contributed by atoms with E-state index in [2.05, 4.69) is 36.6 Å². The third-order valence-electron chi connectivity index (χ3n) is 1.15. The Kier molecular flexibility index (Phi) is 2.09. The molecule has 0 atom stereocenters. The quantitative estimate of drug-likeness (QED) is 0.605. The van der Waals surface area contributed by atoms with Crippen LogP contribution in [-0.2, 0) is 6.42 Å². The summed E-state index contributed by atoms with van der Waals surface area (Å²) in [6.07, 6.45) is 1.05. The fraction of sp³-hybridized carbons (Fsp3) is 0.625. The molecule has 0 amide bonds. The van der Waals surface area contributed by atoms with E-state index in [1.54, 1.807) is 11.3 Å². The molecule has 10 heavy (non-hydrogen) atoms. The molecule has 0 saturated carbocycles. The summed E-state index contributed by atoms with van der Waals surface area (Å²) in [5, 5.41) is 2.06. The zero-order chi connectivity index (χ0) is 7.61. The van der Waals surface area contributed by atoms with Crippen LogP contribution in [-0.4, -0.2) is 4.98 Å². The van der Waals surface area contributed by atoms with Crippen LogP contribution in [0.25, 0.3) is 0 Å². The average Bonchev–Trinajstić information content (AvgIpc) is 2.12. The van der Waals surface area contributed by atoms with Crippen LogP contribution >= 0.6 is 11.3 Å². The molecule has 0 fully saturated rings. The summed E-state index contributed by atoms with van der Waals surface area (Å²) in [7, 11) is 0. The topological polar surface area (TPSA) is 12.9 Å². The molecule has 0 spiro atoms. The molecular formula is C8H12NS. The maximum Gasteiger partial charge on any atom is 0.152 e. The number of rotatable bonds is 1. The highest BCUT2D eigenvalue weighted by Crippen LogP contribution is 2.19. The molecular weight excluding hydrogens is 142 g/mol. The number of thiazole rings is 1. The van der Waals surface area contributed by atoms with E-state index in [4.69, 9.17) is 0 Å². The van der Waals surface area contributed by atoms with Crippen LogP contribution in [0.1, 0.15) is 26.5 Å². The van der Waals surface area contributed by atoms with Crippen molar-refractivity contribution >= 4 is 11.3 Å². The summed E-state index contributed by atoms with van der Waals surface area (Å²) >= 11 is 1.54. The Hall–Kier alpha value is -0.370. The molecule has 0 saturated heterocycles. The van der Waals surface area contributed by atoms with Crippen molar-refractivity contribution in [2.24, 2.45) is 5.41 Å². The van der Waals surface area contributed by atoms with E-state index in [0.29, 0.717) is 5.41 Å². The number of hydrogen-bond acceptors (Lipinski definition) is 2. The normalized spacial score (nSPS) is 11.9. The van der Waals surface area contributed by atoms with E-state index in [1.807, 2.05) is 0 Å². The lowest BCUT2D eigenvalue weighted by Gasteiger charge is -2.15. The molecule has 1 rings (SSSR count). The third-order valence-corrected chi connectivity index (χ3v) is 1.73. The molecule has 1 aromatic rings. The number of hydrogen-bond donors (Lipinski definition) is 0. The van der Waals surface area contributed by atoms with Gasteiger partial charge in [-0.2, -0.15) is 0 Å². The second kappa shape index (κ2) is 2.70. The largest absolute Gasteiger partial charge is 0.239 e. The molecule has 2 heteroatoms. The van der Waals surface area contributed by atoms with E-state index in [-0.39, 0.29) is 0 Å². The number of aromatic nitrogens is 1. The molecule has 1 nitrogen and oxygen atoms in total. The highest BCUT2D eigenvalue weighted by molar-refractivity contribution is 7.07. The fourth-order valence-corrected chi connectivity index (χ4v) is 1.32. The van der Waals surface area contributed by atoms with Gasteiger partial charge in [0.25, 0.3) is 0 Å². The van der Waals surface area contributed by atoms with Gasteiger partial charge in [-0.1, -0.05) is 20.8 Å². The first kappa shape index (κ1) is 7.73. The SMILES string of the molecule is CC(C)(C)Cc1cs[c]n1. The Balaban J connectivity index is 2.57. The van der Waals surface area contributed by atoms with E-state index < -0.39 is 0 Å². The second-order valence-corrected chi connectivity index (χ2v) is 4.32. The van der Waals surface area contributed by atoms with E-state index >= 15 is 0 Å². The molecule has 55 valence electrons. The van der Waals surface area contributed by atoms with Crippen LogP contribution in [0, 0.1) is 10.9 Å². The van der Waals surface area contributed by atoms with Crippen molar-refractivity contribution in [1.29, 1.82) is 0 Å². The van der Waals surface area contributed by atoms with Crippen LogP contribution in [0.2, 0.25) is 0 Å². The Morgan fingerprint density at radius 3 is 2.70 bits per heavy atom. The van der Waals surface area contributed by atoms with Gasteiger partial charge in [-0.05, 0) is 11.8 Å². The van der Waals surface area contributed by atoms with E-state index in [1.165, 1.54) is 0 Å². The minimum Gasteiger partial charge on any atom is -0.239 e. The summed E-state index contributed by atoms with van der Waals surface area (Å²) in [4.78, 5) is 4.10. The van der Waals surface area contributed by atoms with Crippen LogP contribution in [0.4, 0.5) is 0 Å². The molecule has 1 radical (unpaired) electrons. The van der Waals surface area contributed by atoms with Gasteiger partial charge < -0.3 is 0 Å². The van der Waals surface area contributed by atoms with Crippen molar-refractivity contribution < 1.29 is 0 Å². The van der Waals surface area contributed by atoms with Gasteiger partial charge in [-0.25, -0.2) is 4.98 Å². The highest BCUT2D eigenvalue weighted by atomic mass is 32.1. The van der Waals surface area contributed by atoms with Crippen molar-refractivity contribution in [2.45, 2.75) is 27.2 Å². The van der Waals surface area contributed by atoms with Crippen molar-refractivity contribution in [1.82, 2.24) is 4.98 Å². The zero-order valence-corrected chi connectivity index (χ0v) is 7.46. The Morgan fingerprint density at radius 2 is 2.30 bits per heavy atom. The van der Waals surface area contributed by atoms with Gasteiger partial charge in [0.1, 0.15) is 0 Å². The van der Waals surface area contributed by atoms with E-state index in [9.17, 15) is 0 Å². The first-order valence-corrected chi connectivity index (χ1v) is 4.26. The molecule has 0 aliphatic heterocycles. The standard InChI is InChI=1S/C8H12NS/c1-8(2,3)4-7-5-10-6-9-7/h5H,4H2,1-3H3. The van der Waals surface area contributed by atoms with Crippen LogP contribution in [0.15, 0.2) is 5.38 Å². The zero-order valence-electron chi connectivity index (χ0n) is 6.64. The maximum atomic E-state index is 4.10. The molecule has 1 aromatic heterocycles. The maximum absolute atomic E-state index is 4.10. The third kappa shape index (κ3) is 2.48. The minimum atomic E-state index is 0.349. The highest BCUT2D eigenvalue weighted by Gasteiger charge is 2.11. The lowest BCUT2D eigenvalue weighted by atomic mass is 9.91. The molecule has 0 bridgehead atoms. The predicted octanol–water partition coefficient (Wildman–Crippen LogP) is 2.53. The summed E-state index contributed by atoms with van der Waals surface area (Å²) in [5.74, 6) is 0. The average molecular weight is 154 g/mol. The van der Waals surface area contributed by atoms with Gasteiger partial charge in [0.2, 0.25) is 0 Å². The molecule has 0 aromatic carbocycles. The van der Waals surface area contributed by atoms with Crippen LogP contribution in [0.5, 0.6) is 0 Å². The number of nitrogens with zero attached hydrogens (tertiary/aromatic N) is 1. The van der Waals surface area contributed by atoms with Crippen LogP contribution in [0.3, 0.4) is 0 Å².